The normalized spacial score (nSPS) is 12.4. The fourth-order valence-electron chi connectivity index (χ4n) is 1.69. The highest BCUT2D eigenvalue weighted by Gasteiger charge is 2.13. The molecule has 5 heteroatoms. The minimum atomic E-state index is -0.240. The van der Waals surface area contributed by atoms with Crippen LogP contribution in [0.5, 0.6) is 0 Å². The number of nitrogens with two attached hydrogens (primary N) is 1. The molecule has 0 radical (unpaired) electrons. The molecule has 0 aliphatic rings. The predicted molar refractivity (Wildman–Crippen MR) is 62.3 cm³/mol. The van der Waals surface area contributed by atoms with Gasteiger partial charge in [0.15, 0.2) is 0 Å². The van der Waals surface area contributed by atoms with Gasteiger partial charge in [0.25, 0.3) is 0 Å². The van der Waals surface area contributed by atoms with Gasteiger partial charge in [-0.2, -0.15) is 0 Å². The summed E-state index contributed by atoms with van der Waals surface area (Å²) >= 11 is 0. The van der Waals surface area contributed by atoms with E-state index in [9.17, 15) is 4.39 Å². The fraction of sp³-hybridized carbons (Fsp3) is 0.167. The topological polar surface area (TPSA) is 63.8 Å². The molecular formula is C12H13FN4. The number of nitrogens with one attached hydrogen (secondary N) is 1. The molecule has 0 bridgehead atoms. The minimum Gasteiger partial charge on any atom is -0.271 e. The molecule has 2 rings (SSSR count). The SMILES string of the molecule is Cc1cc(C(NN)c2cncnc2)ccc1F. The van der Waals surface area contributed by atoms with Crippen LogP contribution in [0.2, 0.25) is 0 Å². The van der Waals surface area contributed by atoms with E-state index in [4.69, 9.17) is 5.84 Å². The van der Waals surface area contributed by atoms with Crippen molar-refractivity contribution in [3.63, 3.8) is 0 Å². The first-order valence-electron chi connectivity index (χ1n) is 5.19. The molecule has 88 valence electrons. The van der Waals surface area contributed by atoms with Crippen molar-refractivity contribution < 1.29 is 4.39 Å². The Balaban J connectivity index is 2.39. The van der Waals surface area contributed by atoms with Crippen molar-refractivity contribution in [3.8, 4) is 0 Å². The van der Waals surface area contributed by atoms with Crippen LogP contribution in [0.3, 0.4) is 0 Å². The number of hydrogen-bond acceptors (Lipinski definition) is 4. The Hall–Kier alpha value is -1.85. The van der Waals surface area contributed by atoms with Gasteiger partial charge in [-0.3, -0.25) is 5.84 Å². The van der Waals surface area contributed by atoms with Gasteiger partial charge in [-0.15, -0.1) is 0 Å². The molecule has 0 aliphatic heterocycles. The van der Waals surface area contributed by atoms with Gasteiger partial charge in [0.05, 0.1) is 6.04 Å². The molecule has 0 spiro atoms. The summed E-state index contributed by atoms with van der Waals surface area (Å²) in [6.45, 7) is 1.72. The maximum absolute atomic E-state index is 13.2. The van der Waals surface area contributed by atoms with Gasteiger partial charge >= 0.3 is 0 Å². The lowest BCUT2D eigenvalue weighted by Gasteiger charge is -2.16. The summed E-state index contributed by atoms with van der Waals surface area (Å²) in [5.41, 5.74) is 4.97. The lowest BCUT2D eigenvalue weighted by atomic mass is 10.00. The Kier molecular flexibility index (Phi) is 3.41. The summed E-state index contributed by atoms with van der Waals surface area (Å²) in [6.07, 6.45) is 4.80. The monoisotopic (exact) mass is 232 g/mol. The van der Waals surface area contributed by atoms with E-state index >= 15 is 0 Å². The zero-order valence-corrected chi connectivity index (χ0v) is 9.39. The van der Waals surface area contributed by atoms with Gasteiger partial charge in [0.2, 0.25) is 0 Å². The van der Waals surface area contributed by atoms with Crippen LogP contribution in [-0.2, 0) is 0 Å². The summed E-state index contributed by atoms with van der Waals surface area (Å²) in [7, 11) is 0. The summed E-state index contributed by atoms with van der Waals surface area (Å²) < 4.78 is 13.2. The van der Waals surface area contributed by atoms with Crippen molar-refractivity contribution in [1.82, 2.24) is 15.4 Å². The van der Waals surface area contributed by atoms with Gasteiger partial charge in [-0.25, -0.2) is 19.8 Å². The largest absolute Gasteiger partial charge is 0.271 e. The number of aryl methyl sites for hydroxylation is 1. The van der Waals surface area contributed by atoms with E-state index in [-0.39, 0.29) is 11.9 Å². The number of halogens is 1. The molecule has 1 aromatic carbocycles. The summed E-state index contributed by atoms with van der Waals surface area (Å²) in [4.78, 5) is 7.88. The van der Waals surface area contributed by atoms with Crippen LogP contribution in [0.1, 0.15) is 22.7 Å². The molecule has 4 nitrogen and oxygen atoms in total. The third-order valence-corrected chi connectivity index (χ3v) is 2.60. The standard InChI is InChI=1S/C12H13FN4/c1-8-4-9(2-3-11(8)13)12(17-14)10-5-15-7-16-6-10/h2-7,12,17H,14H2,1H3. The van der Waals surface area contributed by atoms with Crippen LogP contribution in [0.4, 0.5) is 4.39 Å². The maximum atomic E-state index is 13.2. The smallest absolute Gasteiger partial charge is 0.126 e. The highest BCUT2D eigenvalue weighted by atomic mass is 19.1. The number of benzene rings is 1. The molecule has 0 saturated carbocycles. The van der Waals surface area contributed by atoms with Crippen molar-refractivity contribution in [2.75, 3.05) is 0 Å². The first kappa shape index (κ1) is 11.6. The summed E-state index contributed by atoms with van der Waals surface area (Å²) in [5.74, 6) is 5.30. The fourth-order valence-corrected chi connectivity index (χ4v) is 1.69. The third kappa shape index (κ3) is 2.46. The molecule has 0 amide bonds. The van der Waals surface area contributed by atoms with Crippen molar-refractivity contribution in [3.05, 3.63) is 59.4 Å². The predicted octanol–water partition coefficient (Wildman–Crippen LogP) is 1.48. The van der Waals surface area contributed by atoms with Gasteiger partial charge in [-0.1, -0.05) is 12.1 Å². The zero-order valence-electron chi connectivity index (χ0n) is 9.39. The first-order valence-corrected chi connectivity index (χ1v) is 5.19. The molecule has 1 heterocycles. The molecule has 0 aliphatic carbocycles. The first-order chi connectivity index (χ1) is 8.22. The Labute approximate surface area is 98.7 Å². The molecular weight excluding hydrogens is 219 g/mol. The van der Waals surface area contributed by atoms with Gasteiger partial charge in [-0.05, 0) is 24.1 Å². The molecule has 17 heavy (non-hydrogen) atoms. The van der Waals surface area contributed by atoms with E-state index in [1.165, 1.54) is 12.4 Å². The van der Waals surface area contributed by atoms with Gasteiger partial charge < -0.3 is 0 Å². The van der Waals surface area contributed by atoms with Crippen molar-refractivity contribution in [2.24, 2.45) is 5.84 Å². The highest BCUT2D eigenvalue weighted by molar-refractivity contribution is 5.32. The van der Waals surface area contributed by atoms with E-state index in [1.54, 1.807) is 31.5 Å². The minimum absolute atomic E-state index is 0.228. The Morgan fingerprint density at radius 2 is 1.94 bits per heavy atom. The molecule has 2 aromatic rings. The maximum Gasteiger partial charge on any atom is 0.126 e. The van der Waals surface area contributed by atoms with Crippen molar-refractivity contribution >= 4 is 0 Å². The molecule has 3 N–H and O–H groups in total. The van der Waals surface area contributed by atoms with Gasteiger partial charge in [0, 0.05) is 18.0 Å². The molecule has 1 unspecified atom stereocenters. The van der Waals surface area contributed by atoms with Crippen LogP contribution in [-0.4, -0.2) is 9.97 Å². The molecule has 1 atom stereocenters. The zero-order chi connectivity index (χ0) is 12.3. The van der Waals surface area contributed by atoms with Crippen LogP contribution in [0.25, 0.3) is 0 Å². The highest BCUT2D eigenvalue weighted by Crippen LogP contribution is 2.21. The lowest BCUT2D eigenvalue weighted by Crippen LogP contribution is -2.29. The molecule has 0 saturated heterocycles. The van der Waals surface area contributed by atoms with Crippen LogP contribution in [0, 0.1) is 12.7 Å². The van der Waals surface area contributed by atoms with Gasteiger partial charge in [0.1, 0.15) is 12.1 Å². The summed E-state index contributed by atoms with van der Waals surface area (Å²) in [5, 5.41) is 0. The van der Waals surface area contributed by atoms with Crippen LogP contribution < -0.4 is 11.3 Å². The van der Waals surface area contributed by atoms with E-state index in [0.717, 1.165) is 11.1 Å². The summed E-state index contributed by atoms with van der Waals surface area (Å²) in [6, 6.07) is 4.64. The average Bonchev–Trinajstić information content (AvgIpc) is 2.36. The second kappa shape index (κ2) is 4.99. The number of hydrazine groups is 1. The number of hydrogen-bond donors (Lipinski definition) is 2. The van der Waals surface area contributed by atoms with E-state index in [2.05, 4.69) is 15.4 Å². The number of nitrogens with zero attached hydrogens (tertiary/aromatic N) is 2. The Morgan fingerprint density at radius 1 is 1.24 bits per heavy atom. The lowest BCUT2D eigenvalue weighted by molar-refractivity contribution is 0.606. The van der Waals surface area contributed by atoms with E-state index in [0.29, 0.717) is 5.56 Å². The molecule has 1 aromatic heterocycles. The average molecular weight is 232 g/mol. The van der Waals surface area contributed by atoms with E-state index in [1.807, 2.05) is 0 Å². The van der Waals surface area contributed by atoms with Crippen LogP contribution in [0.15, 0.2) is 36.9 Å². The van der Waals surface area contributed by atoms with Crippen LogP contribution >= 0.6 is 0 Å². The quantitative estimate of drug-likeness (QED) is 0.621. The Bertz CT molecular complexity index is 501. The van der Waals surface area contributed by atoms with E-state index < -0.39 is 0 Å². The molecule has 0 fully saturated rings. The second-order valence-corrected chi connectivity index (χ2v) is 3.78. The Morgan fingerprint density at radius 3 is 2.53 bits per heavy atom. The third-order valence-electron chi connectivity index (χ3n) is 2.60. The second-order valence-electron chi connectivity index (χ2n) is 3.78. The number of rotatable bonds is 3. The van der Waals surface area contributed by atoms with Crippen molar-refractivity contribution in [1.29, 1.82) is 0 Å². The van der Waals surface area contributed by atoms with Crippen molar-refractivity contribution in [2.45, 2.75) is 13.0 Å². The number of aromatic nitrogens is 2.